The number of nitrogens with zero attached hydrogens (tertiary/aromatic N) is 4. The zero-order valence-electron chi connectivity index (χ0n) is 12.7. The Morgan fingerprint density at radius 1 is 1.22 bits per heavy atom. The molecule has 7 nitrogen and oxygen atoms in total. The van der Waals surface area contributed by atoms with E-state index in [1.54, 1.807) is 0 Å². The number of H-pyrrole nitrogens is 1. The quantitative estimate of drug-likeness (QED) is 0.889. The number of aromatic nitrogens is 3. The monoisotopic (exact) mass is 339 g/mol. The normalized spacial score (nSPS) is 17.5. The number of piperazine rings is 1. The van der Waals surface area contributed by atoms with Crippen LogP contribution in [-0.4, -0.2) is 59.0 Å². The van der Waals surface area contributed by atoms with Crippen molar-refractivity contribution in [2.45, 2.75) is 18.4 Å². The Bertz CT molecular complexity index is 784. The molecule has 3 rings (SSSR count). The van der Waals surface area contributed by atoms with Crippen LogP contribution in [0.2, 0.25) is 0 Å². The summed E-state index contributed by atoms with van der Waals surface area (Å²) in [4.78, 5) is 6.06. The highest BCUT2D eigenvalue weighted by Crippen LogP contribution is 2.20. The number of hydrogen-bond donors (Lipinski definition) is 1. The van der Waals surface area contributed by atoms with Crippen molar-refractivity contribution < 1.29 is 12.8 Å². The van der Waals surface area contributed by atoms with Gasteiger partial charge in [0.2, 0.25) is 10.0 Å². The van der Waals surface area contributed by atoms with Crippen molar-refractivity contribution in [3.8, 4) is 0 Å². The molecule has 124 valence electrons. The summed E-state index contributed by atoms with van der Waals surface area (Å²) in [6, 6.07) is 5.46. The molecule has 0 amide bonds. The number of aryl methyl sites for hydroxylation is 1. The minimum Gasteiger partial charge on any atom is -0.293 e. The number of sulfonamides is 1. The number of benzene rings is 1. The standard InChI is InChI=1S/C14H18FN5O2S/c1-11-16-14(18-17-11)10-19-6-8-20(9-7-19)23(21,22)13-5-3-2-4-12(13)15/h2-5H,6-10H2,1H3,(H,16,17,18). The Kier molecular flexibility index (Phi) is 4.42. The van der Waals surface area contributed by atoms with Crippen LogP contribution in [0.4, 0.5) is 4.39 Å². The van der Waals surface area contributed by atoms with E-state index in [0.29, 0.717) is 38.5 Å². The lowest BCUT2D eigenvalue weighted by molar-refractivity contribution is 0.178. The van der Waals surface area contributed by atoms with Crippen LogP contribution in [0.3, 0.4) is 0 Å². The fourth-order valence-electron chi connectivity index (χ4n) is 2.58. The van der Waals surface area contributed by atoms with Crippen LogP contribution in [0.1, 0.15) is 11.6 Å². The van der Waals surface area contributed by atoms with Crippen molar-refractivity contribution in [1.29, 1.82) is 0 Å². The molecule has 9 heteroatoms. The van der Waals surface area contributed by atoms with Gasteiger partial charge in [0.05, 0.1) is 6.54 Å². The lowest BCUT2D eigenvalue weighted by atomic mass is 10.3. The van der Waals surface area contributed by atoms with Gasteiger partial charge < -0.3 is 0 Å². The van der Waals surface area contributed by atoms with Gasteiger partial charge in [-0.25, -0.2) is 17.8 Å². The molecular formula is C14H18FN5O2S. The number of hydrogen-bond acceptors (Lipinski definition) is 5. The third-order valence-electron chi connectivity index (χ3n) is 3.79. The van der Waals surface area contributed by atoms with Gasteiger partial charge in [-0.1, -0.05) is 12.1 Å². The summed E-state index contributed by atoms with van der Waals surface area (Å²) in [5.74, 6) is 0.722. The topological polar surface area (TPSA) is 82.2 Å². The van der Waals surface area contributed by atoms with Gasteiger partial charge in [-0.2, -0.15) is 9.40 Å². The van der Waals surface area contributed by atoms with Gasteiger partial charge in [0, 0.05) is 26.2 Å². The molecule has 0 saturated carbocycles. The molecule has 0 aliphatic carbocycles. The number of rotatable bonds is 4. The maximum absolute atomic E-state index is 13.8. The van der Waals surface area contributed by atoms with E-state index in [0.717, 1.165) is 11.9 Å². The van der Waals surface area contributed by atoms with Crippen LogP contribution in [-0.2, 0) is 16.6 Å². The lowest BCUT2D eigenvalue weighted by Gasteiger charge is -2.33. The van der Waals surface area contributed by atoms with Crippen molar-refractivity contribution in [1.82, 2.24) is 24.4 Å². The smallest absolute Gasteiger partial charge is 0.246 e. The molecule has 23 heavy (non-hydrogen) atoms. The van der Waals surface area contributed by atoms with Gasteiger partial charge in [0.1, 0.15) is 16.5 Å². The van der Waals surface area contributed by atoms with Crippen molar-refractivity contribution in [2.75, 3.05) is 26.2 Å². The predicted octanol–water partition coefficient (Wildman–Crippen LogP) is 0.759. The molecule has 1 aromatic carbocycles. The summed E-state index contributed by atoms with van der Waals surface area (Å²) in [5.41, 5.74) is 0. The highest BCUT2D eigenvalue weighted by Gasteiger charge is 2.30. The highest BCUT2D eigenvalue weighted by molar-refractivity contribution is 7.89. The van der Waals surface area contributed by atoms with Gasteiger partial charge in [-0.3, -0.25) is 10.00 Å². The fraction of sp³-hybridized carbons (Fsp3) is 0.429. The minimum absolute atomic E-state index is 0.266. The van der Waals surface area contributed by atoms with Crippen molar-refractivity contribution in [3.05, 3.63) is 41.7 Å². The first-order valence-electron chi connectivity index (χ1n) is 7.32. The Balaban J connectivity index is 1.65. The van der Waals surface area contributed by atoms with Crippen LogP contribution in [0, 0.1) is 12.7 Å². The molecule has 2 aromatic rings. The minimum atomic E-state index is -3.79. The van der Waals surface area contributed by atoms with Crippen LogP contribution in [0.15, 0.2) is 29.2 Å². The van der Waals surface area contributed by atoms with E-state index in [2.05, 4.69) is 20.1 Å². The highest BCUT2D eigenvalue weighted by atomic mass is 32.2. The third kappa shape index (κ3) is 3.41. The average molecular weight is 339 g/mol. The Hall–Kier alpha value is -1.84. The zero-order chi connectivity index (χ0) is 16.4. The molecule has 1 aromatic heterocycles. The summed E-state index contributed by atoms with van der Waals surface area (Å²) < 4.78 is 40.1. The van der Waals surface area contributed by atoms with Crippen molar-refractivity contribution in [2.24, 2.45) is 0 Å². The third-order valence-corrected chi connectivity index (χ3v) is 5.73. The van der Waals surface area contributed by atoms with E-state index in [9.17, 15) is 12.8 Å². The molecule has 1 aliphatic rings. The molecule has 1 fully saturated rings. The van der Waals surface area contributed by atoms with Crippen LogP contribution < -0.4 is 0 Å². The molecular weight excluding hydrogens is 321 g/mol. The molecule has 0 radical (unpaired) electrons. The molecule has 0 spiro atoms. The largest absolute Gasteiger partial charge is 0.293 e. The average Bonchev–Trinajstić information content (AvgIpc) is 2.93. The molecule has 1 N–H and O–H groups in total. The van der Waals surface area contributed by atoms with Gasteiger partial charge in [0.25, 0.3) is 0 Å². The molecule has 0 unspecified atom stereocenters. The Labute approximate surface area is 134 Å². The van der Waals surface area contributed by atoms with Gasteiger partial charge >= 0.3 is 0 Å². The SMILES string of the molecule is Cc1nc(CN2CCN(S(=O)(=O)c3ccccc3F)CC2)n[nH]1. The maximum atomic E-state index is 13.8. The van der Waals surface area contributed by atoms with E-state index in [1.165, 1.54) is 22.5 Å². The molecule has 0 atom stereocenters. The molecule has 2 heterocycles. The van der Waals surface area contributed by atoms with Crippen LogP contribution in [0.25, 0.3) is 0 Å². The second kappa shape index (κ2) is 6.34. The zero-order valence-corrected chi connectivity index (χ0v) is 13.6. The summed E-state index contributed by atoms with van der Waals surface area (Å²) >= 11 is 0. The van der Waals surface area contributed by atoms with E-state index in [1.807, 2.05) is 6.92 Å². The maximum Gasteiger partial charge on any atom is 0.246 e. The second-order valence-corrected chi connectivity index (χ2v) is 7.35. The first-order valence-corrected chi connectivity index (χ1v) is 8.76. The number of halogens is 1. The Morgan fingerprint density at radius 2 is 1.91 bits per heavy atom. The number of nitrogens with one attached hydrogen (secondary N) is 1. The molecule has 1 saturated heterocycles. The van der Waals surface area contributed by atoms with Crippen molar-refractivity contribution in [3.63, 3.8) is 0 Å². The van der Waals surface area contributed by atoms with Crippen molar-refractivity contribution >= 4 is 10.0 Å². The van der Waals surface area contributed by atoms with Gasteiger partial charge in [-0.05, 0) is 19.1 Å². The first-order chi connectivity index (χ1) is 11.0. The first kappa shape index (κ1) is 16.0. The second-order valence-electron chi connectivity index (χ2n) is 5.45. The lowest BCUT2D eigenvalue weighted by Crippen LogP contribution is -2.48. The summed E-state index contributed by atoms with van der Waals surface area (Å²) in [5, 5.41) is 6.86. The summed E-state index contributed by atoms with van der Waals surface area (Å²) in [7, 11) is -3.79. The van der Waals surface area contributed by atoms with Gasteiger partial charge in [-0.15, -0.1) is 0 Å². The van der Waals surface area contributed by atoms with E-state index < -0.39 is 15.8 Å². The van der Waals surface area contributed by atoms with E-state index in [4.69, 9.17) is 0 Å². The number of aromatic amines is 1. The molecule has 1 aliphatic heterocycles. The fourth-order valence-corrected chi connectivity index (χ4v) is 4.07. The van der Waals surface area contributed by atoms with E-state index in [-0.39, 0.29) is 4.90 Å². The Morgan fingerprint density at radius 3 is 2.52 bits per heavy atom. The summed E-state index contributed by atoms with van der Waals surface area (Å²) in [6.07, 6.45) is 0. The van der Waals surface area contributed by atoms with Crippen LogP contribution in [0.5, 0.6) is 0 Å². The van der Waals surface area contributed by atoms with E-state index >= 15 is 0 Å². The predicted molar refractivity (Wildman–Crippen MR) is 81.6 cm³/mol. The molecule has 0 bridgehead atoms. The van der Waals surface area contributed by atoms with Gasteiger partial charge in [0.15, 0.2) is 5.82 Å². The van der Waals surface area contributed by atoms with Crippen LogP contribution >= 0.6 is 0 Å². The summed E-state index contributed by atoms with van der Waals surface area (Å²) in [6.45, 7) is 4.15.